The van der Waals surface area contributed by atoms with Gasteiger partial charge in [0.25, 0.3) is 0 Å². The first-order valence-electron chi connectivity index (χ1n) is 21.4. The fraction of sp³-hybridized carbons (Fsp3) is 0.0508. The van der Waals surface area contributed by atoms with Gasteiger partial charge in [-0.1, -0.05) is 172 Å². The van der Waals surface area contributed by atoms with E-state index in [-0.39, 0.29) is 5.41 Å². The van der Waals surface area contributed by atoms with E-state index in [9.17, 15) is 0 Å². The predicted molar refractivity (Wildman–Crippen MR) is 259 cm³/mol. The Bertz CT molecular complexity index is 3780. The molecule has 3 heteroatoms. The summed E-state index contributed by atoms with van der Waals surface area (Å²) < 4.78 is 13.7. The summed E-state index contributed by atoms with van der Waals surface area (Å²) in [6.07, 6.45) is 0. The van der Waals surface area contributed by atoms with Gasteiger partial charge >= 0.3 is 0 Å². The summed E-state index contributed by atoms with van der Waals surface area (Å²) in [6.45, 7) is 4.71. The lowest BCUT2D eigenvalue weighted by Gasteiger charge is -2.29. The van der Waals surface area contributed by atoms with E-state index in [4.69, 9.17) is 8.83 Å². The Labute approximate surface area is 358 Å². The fourth-order valence-electron chi connectivity index (χ4n) is 10.5. The van der Waals surface area contributed by atoms with Crippen LogP contribution in [0.2, 0.25) is 0 Å². The average Bonchev–Trinajstić information content (AvgIpc) is 3.98. The lowest BCUT2D eigenvalue weighted by atomic mass is 9.82. The zero-order valence-electron chi connectivity index (χ0n) is 34.3. The van der Waals surface area contributed by atoms with E-state index in [0.29, 0.717) is 0 Å². The molecule has 0 saturated carbocycles. The number of rotatable bonds is 5. The Morgan fingerprint density at radius 1 is 0.355 bits per heavy atom. The Hall–Kier alpha value is -7.88. The van der Waals surface area contributed by atoms with E-state index in [2.05, 4.69) is 207 Å². The van der Waals surface area contributed by atoms with Gasteiger partial charge in [0.15, 0.2) is 0 Å². The van der Waals surface area contributed by atoms with Crippen molar-refractivity contribution in [2.24, 2.45) is 0 Å². The molecule has 0 saturated heterocycles. The number of hydrogen-bond donors (Lipinski definition) is 0. The average molecular weight is 794 g/mol. The number of furan rings is 2. The van der Waals surface area contributed by atoms with Gasteiger partial charge in [-0.05, 0) is 97.6 Å². The molecule has 3 nitrogen and oxygen atoms in total. The van der Waals surface area contributed by atoms with Crippen molar-refractivity contribution in [1.82, 2.24) is 0 Å². The maximum Gasteiger partial charge on any atom is 0.143 e. The Balaban J connectivity index is 1.11. The van der Waals surface area contributed by atoms with E-state index in [1.807, 2.05) is 12.1 Å². The molecule has 2 heterocycles. The highest BCUT2D eigenvalue weighted by Gasteiger charge is 2.36. The molecule has 0 spiro atoms. The molecule has 13 rings (SSSR count). The summed E-state index contributed by atoms with van der Waals surface area (Å²) in [7, 11) is 0. The van der Waals surface area contributed by atoms with Gasteiger partial charge in [0.05, 0.1) is 11.1 Å². The van der Waals surface area contributed by atoms with Gasteiger partial charge in [-0.25, -0.2) is 0 Å². The molecule has 0 N–H and O–H groups in total. The number of fused-ring (bicyclic) bond motifs is 14. The highest BCUT2D eigenvalue weighted by molar-refractivity contribution is 6.32. The second-order valence-corrected chi connectivity index (χ2v) is 17.2. The molecular weight excluding hydrogens is 755 g/mol. The SMILES string of the molecule is CC1(C)c2ccccc2-c2ccc(N(c3ccc(-c4cccc5c4oc4ccccc45)cc3)c3cc(-c4ccccc4)cc4oc5c6ccccc6c6ccccc6c5c34)cc21. The van der Waals surface area contributed by atoms with E-state index in [0.717, 1.165) is 88.6 Å². The van der Waals surface area contributed by atoms with E-state index in [1.165, 1.54) is 38.4 Å². The number of hydrogen-bond acceptors (Lipinski definition) is 3. The highest BCUT2D eigenvalue weighted by Crippen LogP contribution is 2.53. The molecule has 1 aliphatic rings. The summed E-state index contributed by atoms with van der Waals surface area (Å²) in [5.41, 5.74) is 16.2. The van der Waals surface area contributed by atoms with Crippen molar-refractivity contribution >= 4 is 82.5 Å². The van der Waals surface area contributed by atoms with Crippen LogP contribution in [0.15, 0.2) is 209 Å². The minimum absolute atomic E-state index is 0.179. The van der Waals surface area contributed by atoms with Gasteiger partial charge < -0.3 is 13.7 Å². The maximum absolute atomic E-state index is 7.15. The lowest BCUT2D eigenvalue weighted by molar-refractivity contribution is 0.660. The van der Waals surface area contributed by atoms with Gasteiger partial charge in [0.1, 0.15) is 22.3 Å². The molecule has 292 valence electrons. The largest absolute Gasteiger partial charge is 0.455 e. The topological polar surface area (TPSA) is 29.5 Å². The minimum atomic E-state index is -0.179. The lowest BCUT2D eigenvalue weighted by Crippen LogP contribution is -2.16. The molecule has 0 radical (unpaired) electrons. The van der Waals surface area contributed by atoms with Gasteiger partial charge in [0, 0.05) is 43.9 Å². The van der Waals surface area contributed by atoms with Crippen LogP contribution in [-0.2, 0) is 5.41 Å². The summed E-state index contributed by atoms with van der Waals surface area (Å²) in [5, 5.41) is 9.14. The standard InChI is InChI=1S/C59H39NO2/c1-59(2)50-25-12-10-19-44(50)45-32-31-40(35-51(45)59)60(39-29-27-37(28-30-39)41-23-14-24-49-46-20-11-13-26-53(46)61-57(41)49)52-33-38(36-15-4-3-5-16-36)34-54-56(52)55-47-21-8-6-17-42(47)43-18-7-9-22-48(43)58(55)62-54/h3-35H,1-2H3. The van der Waals surface area contributed by atoms with Crippen molar-refractivity contribution in [3.63, 3.8) is 0 Å². The van der Waals surface area contributed by atoms with Crippen molar-refractivity contribution in [2.75, 3.05) is 4.90 Å². The summed E-state index contributed by atoms with van der Waals surface area (Å²) in [6, 6.07) is 72.4. The molecule has 1 aliphatic carbocycles. The number of para-hydroxylation sites is 2. The monoisotopic (exact) mass is 793 g/mol. The summed E-state index contributed by atoms with van der Waals surface area (Å²) in [5.74, 6) is 0. The van der Waals surface area contributed by atoms with Crippen LogP contribution < -0.4 is 4.90 Å². The second kappa shape index (κ2) is 13.1. The Morgan fingerprint density at radius 2 is 0.952 bits per heavy atom. The van der Waals surface area contributed by atoms with Gasteiger partial charge in [-0.3, -0.25) is 0 Å². The van der Waals surface area contributed by atoms with Crippen LogP contribution in [0.1, 0.15) is 25.0 Å². The molecule has 0 fully saturated rings. The van der Waals surface area contributed by atoms with Crippen LogP contribution in [0.5, 0.6) is 0 Å². The van der Waals surface area contributed by atoms with Crippen LogP contribution >= 0.6 is 0 Å². The molecule has 2 aromatic heterocycles. The van der Waals surface area contributed by atoms with Crippen LogP contribution in [-0.4, -0.2) is 0 Å². The van der Waals surface area contributed by atoms with Gasteiger partial charge in [-0.15, -0.1) is 0 Å². The number of nitrogens with zero attached hydrogens (tertiary/aromatic N) is 1. The molecule has 0 amide bonds. The number of benzene rings is 10. The molecule has 10 aromatic carbocycles. The third-order valence-corrected chi connectivity index (χ3v) is 13.4. The van der Waals surface area contributed by atoms with E-state index < -0.39 is 0 Å². The van der Waals surface area contributed by atoms with Crippen molar-refractivity contribution in [3.05, 3.63) is 211 Å². The molecular formula is C59H39NO2. The molecule has 12 aromatic rings. The molecule has 0 atom stereocenters. The predicted octanol–water partition coefficient (Wildman–Crippen LogP) is 16.9. The second-order valence-electron chi connectivity index (χ2n) is 17.2. The zero-order chi connectivity index (χ0) is 41.1. The zero-order valence-corrected chi connectivity index (χ0v) is 34.3. The Morgan fingerprint density at radius 3 is 1.77 bits per heavy atom. The smallest absolute Gasteiger partial charge is 0.143 e. The van der Waals surface area contributed by atoms with Crippen molar-refractivity contribution in [1.29, 1.82) is 0 Å². The van der Waals surface area contributed by atoms with Crippen LogP contribution in [0.3, 0.4) is 0 Å². The first kappa shape index (κ1) is 34.9. The van der Waals surface area contributed by atoms with E-state index >= 15 is 0 Å². The third kappa shape index (κ3) is 5.00. The molecule has 62 heavy (non-hydrogen) atoms. The molecule has 0 aliphatic heterocycles. The first-order valence-corrected chi connectivity index (χ1v) is 21.4. The molecule has 0 unspecified atom stereocenters. The quantitative estimate of drug-likeness (QED) is 0.163. The highest BCUT2D eigenvalue weighted by atomic mass is 16.3. The van der Waals surface area contributed by atoms with E-state index in [1.54, 1.807) is 0 Å². The van der Waals surface area contributed by atoms with Gasteiger partial charge in [-0.2, -0.15) is 0 Å². The maximum atomic E-state index is 7.15. The van der Waals surface area contributed by atoms with Crippen LogP contribution in [0.4, 0.5) is 17.1 Å². The van der Waals surface area contributed by atoms with Crippen LogP contribution in [0, 0.1) is 0 Å². The number of anilines is 3. The normalized spacial score (nSPS) is 13.1. The first-order chi connectivity index (χ1) is 30.5. The summed E-state index contributed by atoms with van der Waals surface area (Å²) >= 11 is 0. The minimum Gasteiger partial charge on any atom is -0.455 e. The van der Waals surface area contributed by atoms with Crippen molar-refractivity contribution in [2.45, 2.75) is 19.3 Å². The van der Waals surface area contributed by atoms with Crippen molar-refractivity contribution in [3.8, 4) is 33.4 Å². The van der Waals surface area contributed by atoms with Crippen LogP contribution in [0.25, 0.3) is 98.8 Å². The van der Waals surface area contributed by atoms with Gasteiger partial charge in [0.2, 0.25) is 0 Å². The summed E-state index contributed by atoms with van der Waals surface area (Å²) in [4.78, 5) is 2.46. The van der Waals surface area contributed by atoms with Crippen molar-refractivity contribution < 1.29 is 8.83 Å². The molecule has 0 bridgehead atoms. The Kier molecular flexibility index (Phi) is 7.36. The fourth-order valence-corrected chi connectivity index (χ4v) is 10.5. The third-order valence-electron chi connectivity index (χ3n) is 13.4.